The average molecular weight is 255 g/mol. The summed E-state index contributed by atoms with van der Waals surface area (Å²) in [7, 11) is 0. The Morgan fingerprint density at radius 2 is 2.06 bits per heavy atom. The highest BCUT2D eigenvalue weighted by Gasteiger charge is 2.51. The van der Waals surface area contributed by atoms with Gasteiger partial charge >= 0.3 is 12.0 Å². The first-order valence-corrected chi connectivity index (χ1v) is 5.69. The largest absolute Gasteiger partial charge is 0.465 e. The second kappa shape index (κ2) is 4.71. The lowest BCUT2D eigenvalue weighted by atomic mass is 9.98. The van der Waals surface area contributed by atoms with E-state index in [-0.39, 0.29) is 18.5 Å². The lowest BCUT2D eigenvalue weighted by molar-refractivity contribution is -0.140. The van der Waals surface area contributed by atoms with Gasteiger partial charge in [-0.25, -0.2) is 4.79 Å². The van der Waals surface area contributed by atoms with Gasteiger partial charge in [-0.2, -0.15) is 0 Å². The molecular weight excluding hydrogens is 242 g/mol. The molecule has 0 radical (unpaired) electrons. The van der Waals surface area contributed by atoms with E-state index < -0.39 is 23.9 Å². The van der Waals surface area contributed by atoms with Crippen LogP contribution in [0.4, 0.5) is 4.79 Å². The third-order valence-electron chi connectivity index (χ3n) is 3.61. The summed E-state index contributed by atoms with van der Waals surface area (Å²) >= 11 is 0. The molecule has 1 aliphatic heterocycles. The zero-order valence-electron chi connectivity index (χ0n) is 9.54. The van der Waals surface area contributed by atoms with Crippen LogP contribution >= 0.6 is 0 Å². The monoisotopic (exact) mass is 255 g/mol. The van der Waals surface area contributed by atoms with Crippen molar-refractivity contribution >= 4 is 17.9 Å². The van der Waals surface area contributed by atoms with Crippen LogP contribution in [0.2, 0.25) is 0 Å². The number of nitrogens with one attached hydrogen (secondary N) is 1. The maximum atomic E-state index is 11.9. The number of hydrogen-bond acceptors (Lipinski definition) is 4. The highest BCUT2D eigenvalue weighted by atomic mass is 16.4. The molecule has 2 unspecified atom stereocenters. The van der Waals surface area contributed by atoms with Gasteiger partial charge in [0.1, 0.15) is 12.6 Å². The van der Waals surface area contributed by atoms with Crippen LogP contribution in [0.3, 0.4) is 0 Å². The first-order chi connectivity index (χ1) is 8.54. The van der Waals surface area contributed by atoms with Crippen molar-refractivity contribution in [2.45, 2.75) is 31.3 Å². The van der Waals surface area contributed by atoms with E-state index in [9.17, 15) is 19.3 Å². The standard InChI is InChI=1S/C10H13N3O5/c14-7(4-11-10(16)17)13-6-2-1-5(3-6)8(13)9(15)12-18/h5-6,8,11H,1-4H2,(H,16,17)/t5?,6?,8-/m0/s1. The fraction of sp³-hybridized carbons (Fsp3) is 0.700. The van der Waals surface area contributed by atoms with Crippen LogP contribution in [0.5, 0.6) is 0 Å². The average Bonchev–Trinajstić information content (AvgIpc) is 2.94. The number of piperidine rings is 1. The van der Waals surface area contributed by atoms with Crippen LogP contribution in [0.1, 0.15) is 19.3 Å². The summed E-state index contributed by atoms with van der Waals surface area (Å²) in [6.45, 7) is -0.388. The van der Waals surface area contributed by atoms with Crippen LogP contribution in [0, 0.1) is 10.8 Å². The van der Waals surface area contributed by atoms with Crippen molar-refractivity contribution < 1.29 is 19.5 Å². The maximum Gasteiger partial charge on any atom is 0.405 e. The molecule has 1 heterocycles. The summed E-state index contributed by atoms with van der Waals surface area (Å²) in [5.41, 5.74) is 0. The lowest BCUT2D eigenvalue weighted by Crippen LogP contribution is -2.51. The van der Waals surface area contributed by atoms with Crippen molar-refractivity contribution in [3.8, 4) is 0 Å². The van der Waals surface area contributed by atoms with Crippen molar-refractivity contribution in [1.29, 1.82) is 0 Å². The molecule has 2 N–H and O–H groups in total. The molecular formula is C10H13N3O5. The van der Waals surface area contributed by atoms with Crippen molar-refractivity contribution in [3.63, 3.8) is 0 Å². The molecule has 1 aliphatic carbocycles. The number of nitrogens with zero attached hydrogens (tertiary/aromatic N) is 2. The second-order valence-corrected chi connectivity index (χ2v) is 4.56. The first kappa shape index (κ1) is 12.5. The minimum atomic E-state index is -1.30. The second-order valence-electron chi connectivity index (χ2n) is 4.56. The summed E-state index contributed by atoms with van der Waals surface area (Å²) in [5, 5.41) is 12.8. The lowest BCUT2D eigenvalue weighted by Gasteiger charge is -2.32. The molecule has 1 saturated heterocycles. The SMILES string of the molecule is O=NC(=O)[C@@H]1C2CCC(C2)N1C(=O)CNC(=O)O. The molecule has 8 nitrogen and oxygen atoms in total. The molecule has 18 heavy (non-hydrogen) atoms. The third kappa shape index (κ3) is 2.05. The molecule has 2 fully saturated rings. The number of carbonyl (C=O) groups excluding carboxylic acids is 2. The molecule has 2 rings (SSSR count). The van der Waals surface area contributed by atoms with Gasteiger partial charge in [-0.15, -0.1) is 4.91 Å². The van der Waals surface area contributed by atoms with Crippen LogP contribution in [0.15, 0.2) is 5.18 Å². The number of nitroso groups, excluding NO2 is 1. The molecule has 0 aromatic carbocycles. The van der Waals surface area contributed by atoms with Gasteiger partial charge < -0.3 is 15.3 Å². The molecule has 3 atom stereocenters. The van der Waals surface area contributed by atoms with Gasteiger partial charge in [0.2, 0.25) is 5.91 Å². The van der Waals surface area contributed by atoms with Crippen LogP contribution in [0.25, 0.3) is 0 Å². The number of hydrogen-bond donors (Lipinski definition) is 2. The first-order valence-electron chi connectivity index (χ1n) is 5.69. The van der Waals surface area contributed by atoms with E-state index in [1.165, 1.54) is 4.90 Å². The van der Waals surface area contributed by atoms with Gasteiger partial charge in [0.15, 0.2) is 0 Å². The van der Waals surface area contributed by atoms with Gasteiger partial charge in [-0.05, 0) is 25.2 Å². The quantitative estimate of drug-likeness (QED) is 0.684. The summed E-state index contributed by atoms with van der Waals surface area (Å²) < 4.78 is 0. The van der Waals surface area contributed by atoms with Gasteiger partial charge in [0.25, 0.3) is 0 Å². The Balaban J connectivity index is 2.09. The van der Waals surface area contributed by atoms with Crippen molar-refractivity contribution in [1.82, 2.24) is 10.2 Å². The Hall–Kier alpha value is -1.99. The number of amides is 3. The molecule has 8 heteroatoms. The van der Waals surface area contributed by atoms with Gasteiger partial charge in [0.05, 0.1) is 0 Å². The Morgan fingerprint density at radius 1 is 1.33 bits per heavy atom. The minimum absolute atomic E-state index is 0.0195. The zero-order chi connectivity index (χ0) is 13.3. The highest BCUT2D eigenvalue weighted by Crippen LogP contribution is 2.42. The number of fused-ring (bicyclic) bond motifs is 2. The predicted molar refractivity (Wildman–Crippen MR) is 58.6 cm³/mol. The fourth-order valence-corrected chi connectivity index (χ4v) is 2.96. The van der Waals surface area contributed by atoms with E-state index in [0.717, 1.165) is 12.8 Å². The van der Waals surface area contributed by atoms with Crippen LogP contribution in [-0.4, -0.2) is 46.5 Å². The molecule has 98 valence electrons. The van der Waals surface area contributed by atoms with Gasteiger partial charge in [0, 0.05) is 11.2 Å². The highest BCUT2D eigenvalue weighted by molar-refractivity contribution is 5.91. The summed E-state index contributed by atoms with van der Waals surface area (Å²) in [5.74, 6) is -1.34. The van der Waals surface area contributed by atoms with E-state index >= 15 is 0 Å². The summed E-state index contributed by atoms with van der Waals surface area (Å²) in [4.78, 5) is 45.3. The van der Waals surface area contributed by atoms with Gasteiger partial charge in [-0.1, -0.05) is 0 Å². The van der Waals surface area contributed by atoms with Crippen molar-refractivity contribution in [2.24, 2.45) is 11.1 Å². The van der Waals surface area contributed by atoms with E-state index in [1.807, 2.05) is 5.32 Å². The molecule has 1 saturated carbocycles. The number of likely N-dealkylation sites (tertiary alicyclic amines) is 1. The Labute approximate surface area is 102 Å². The smallest absolute Gasteiger partial charge is 0.405 e. The Morgan fingerprint density at radius 3 is 2.67 bits per heavy atom. The molecule has 2 bridgehead atoms. The predicted octanol–water partition coefficient (Wildman–Crippen LogP) is -0.0735. The van der Waals surface area contributed by atoms with Crippen molar-refractivity contribution in [2.75, 3.05) is 6.54 Å². The van der Waals surface area contributed by atoms with E-state index in [2.05, 4.69) is 5.18 Å². The molecule has 0 spiro atoms. The molecule has 2 aliphatic rings. The Bertz CT molecular complexity index is 410. The van der Waals surface area contributed by atoms with Crippen LogP contribution < -0.4 is 5.32 Å². The van der Waals surface area contributed by atoms with E-state index in [1.54, 1.807) is 0 Å². The number of carboxylic acid groups (broad SMARTS) is 1. The number of carbonyl (C=O) groups is 3. The Kier molecular flexibility index (Phi) is 3.26. The molecule has 3 amide bonds. The third-order valence-corrected chi connectivity index (χ3v) is 3.61. The fourth-order valence-electron chi connectivity index (χ4n) is 2.96. The van der Waals surface area contributed by atoms with Gasteiger partial charge in [-0.3, -0.25) is 9.59 Å². The van der Waals surface area contributed by atoms with Crippen molar-refractivity contribution in [3.05, 3.63) is 4.91 Å². The molecule has 0 aromatic heterocycles. The summed E-state index contributed by atoms with van der Waals surface area (Å²) in [6, 6.07) is -0.877. The summed E-state index contributed by atoms with van der Waals surface area (Å²) in [6.07, 6.45) is 0.966. The minimum Gasteiger partial charge on any atom is -0.465 e. The topological polar surface area (TPSA) is 116 Å². The van der Waals surface area contributed by atoms with Crippen LogP contribution in [-0.2, 0) is 9.59 Å². The maximum absolute atomic E-state index is 11.9. The molecule has 0 aromatic rings. The van der Waals surface area contributed by atoms with E-state index in [0.29, 0.717) is 6.42 Å². The van der Waals surface area contributed by atoms with E-state index in [4.69, 9.17) is 5.11 Å². The zero-order valence-corrected chi connectivity index (χ0v) is 9.54. The number of rotatable bonds is 3. The normalized spacial score (nSPS) is 29.1.